The van der Waals surface area contributed by atoms with Gasteiger partial charge >= 0.3 is 13.3 Å². The Balaban J connectivity index is 2.07. The van der Waals surface area contributed by atoms with Crippen LogP contribution in [0.5, 0.6) is 11.5 Å². The summed E-state index contributed by atoms with van der Waals surface area (Å²) in [6.07, 6.45) is -4.31. The number of ether oxygens (including phenoxy) is 2. The zero-order valence-electron chi connectivity index (χ0n) is 14.9. The van der Waals surface area contributed by atoms with Crippen molar-refractivity contribution in [2.24, 2.45) is 0 Å². The smallest absolute Gasteiger partial charge is 0.454 e. The quantitative estimate of drug-likeness (QED) is 0.800. The van der Waals surface area contributed by atoms with Gasteiger partial charge in [0.2, 0.25) is 0 Å². The fourth-order valence-electron chi connectivity index (χ4n) is 2.99. The highest BCUT2D eigenvalue weighted by molar-refractivity contribution is 6.43. The maximum Gasteiger partial charge on any atom is 0.454 e. The number of hydrogen-bond donors (Lipinski definition) is 1. The standard InChI is InChI=1S/C18H19BF3NO4/c1-3-26-17-6-11(4-5-16(17)25-2)14-7-13(18(20,21)22)8-15(23-14)12-9-19(24)27-10-12/h4-8,12,24H,3,9-10H2,1-2H3/t12-/m1/s1. The summed E-state index contributed by atoms with van der Waals surface area (Å²) >= 11 is 0. The summed E-state index contributed by atoms with van der Waals surface area (Å²) in [5.41, 5.74) is 0.0960. The highest BCUT2D eigenvalue weighted by atomic mass is 19.4. The normalized spacial score (nSPS) is 17.3. The maximum atomic E-state index is 13.4. The van der Waals surface area contributed by atoms with E-state index >= 15 is 0 Å². The topological polar surface area (TPSA) is 60.8 Å². The number of halogens is 3. The van der Waals surface area contributed by atoms with E-state index in [1.807, 2.05) is 0 Å². The van der Waals surface area contributed by atoms with Gasteiger partial charge in [0.1, 0.15) is 0 Å². The molecule has 3 rings (SSSR count). The van der Waals surface area contributed by atoms with E-state index in [1.54, 1.807) is 25.1 Å². The van der Waals surface area contributed by atoms with Crippen LogP contribution in [0.4, 0.5) is 13.2 Å². The maximum absolute atomic E-state index is 13.4. The van der Waals surface area contributed by atoms with E-state index in [0.29, 0.717) is 23.7 Å². The average Bonchev–Trinajstić information content (AvgIpc) is 3.07. The second kappa shape index (κ2) is 7.78. The number of aromatic nitrogens is 1. The molecule has 1 aromatic heterocycles. The lowest BCUT2D eigenvalue weighted by atomic mass is 9.81. The molecule has 1 atom stereocenters. The Kier molecular flexibility index (Phi) is 5.62. The van der Waals surface area contributed by atoms with Gasteiger partial charge in [-0.05, 0) is 43.6 Å². The molecule has 0 aliphatic carbocycles. The second-order valence-electron chi connectivity index (χ2n) is 6.18. The lowest BCUT2D eigenvalue weighted by Crippen LogP contribution is -2.10. The van der Waals surface area contributed by atoms with Crippen LogP contribution in [0.3, 0.4) is 0 Å². The van der Waals surface area contributed by atoms with Crippen molar-refractivity contribution in [1.82, 2.24) is 4.98 Å². The summed E-state index contributed by atoms with van der Waals surface area (Å²) in [5, 5.41) is 9.53. The molecule has 1 aliphatic heterocycles. The summed E-state index contributed by atoms with van der Waals surface area (Å²) in [6, 6.07) is 6.89. The van der Waals surface area contributed by atoms with Gasteiger partial charge in [-0.3, -0.25) is 4.98 Å². The molecule has 2 aromatic rings. The minimum atomic E-state index is -4.51. The molecule has 27 heavy (non-hydrogen) atoms. The van der Waals surface area contributed by atoms with Gasteiger partial charge in [0.15, 0.2) is 11.5 Å². The molecule has 0 amide bonds. The van der Waals surface area contributed by atoms with Gasteiger partial charge in [-0.2, -0.15) is 13.2 Å². The molecule has 0 spiro atoms. The predicted molar refractivity (Wildman–Crippen MR) is 93.9 cm³/mol. The van der Waals surface area contributed by atoms with Crippen LogP contribution in [-0.4, -0.2) is 37.4 Å². The Labute approximate surface area is 155 Å². The Hall–Kier alpha value is -2.26. The Morgan fingerprint density at radius 2 is 2.04 bits per heavy atom. The van der Waals surface area contributed by atoms with Crippen LogP contribution in [0.25, 0.3) is 11.3 Å². The Morgan fingerprint density at radius 3 is 2.63 bits per heavy atom. The van der Waals surface area contributed by atoms with Crippen LogP contribution >= 0.6 is 0 Å². The zero-order valence-corrected chi connectivity index (χ0v) is 14.9. The van der Waals surface area contributed by atoms with Gasteiger partial charge in [0, 0.05) is 23.8 Å². The number of hydrogen-bond acceptors (Lipinski definition) is 5. The first-order chi connectivity index (χ1) is 12.8. The highest BCUT2D eigenvalue weighted by Gasteiger charge is 2.35. The summed E-state index contributed by atoms with van der Waals surface area (Å²) in [5.74, 6) is 0.517. The van der Waals surface area contributed by atoms with E-state index < -0.39 is 24.8 Å². The summed E-state index contributed by atoms with van der Waals surface area (Å²) < 4.78 is 56.0. The lowest BCUT2D eigenvalue weighted by Gasteiger charge is -2.16. The van der Waals surface area contributed by atoms with Crippen LogP contribution in [0.15, 0.2) is 30.3 Å². The highest BCUT2D eigenvalue weighted by Crippen LogP contribution is 2.37. The minimum absolute atomic E-state index is 0.127. The first-order valence-corrected chi connectivity index (χ1v) is 8.52. The van der Waals surface area contributed by atoms with Gasteiger partial charge in [0.25, 0.3) is 0 Å². The number of benzene rings is 1. The molecule has 0 bridgehead atoms. The molecular formula is C18H19BF3NO4. The summed E-state index contributed by atoms with van der Waals surface area (Å²) in [6.45, 7) is 2.32. The van der Waals surface area contributed by atoms with Crippen molar-refractivity contribution in [1.29, 1.82) is 0 Å². The third kappa shape index (κ3) is 4.36. The molecule has 0 saturated carbocycles. The fraction of sp³-hybridized carbons (Fsp3) is 0.389. The minimum Gasteiger partial charge on any atom is -0.493 e. The van der Waals surface area contributed by atoms with E-state index in [-0.39, 0.29) is 24.3 Å². The average molecular weight is 381 g/mol. The monoisotopic (exact) mass is 381 g/mol. The van der Waals surface area contributed by atoms with Crippen molar-refractivity contribution >= 4 is 7.12 Å². The van der Waals surface area contributed by atoms with Gasteiger partial charge < -0.3 is 19.2 Å². The summed E-state index contributed by atoms with van der Waals surface area (Å²) in [4.78, 5) is 4.40. The SMILES string of the molecule is CCOc1cc(-c2cc(C(F)(F)F)cc([C@H]3COB(O)C3)n2)ccc1OC. The second-order valence-corrected chi connectivity index (χ2v) is 6.18. The van der Waals surface area contributed by atoms with E-state index in [0.717, 1.165) is 12.1 Å². The largest absolute Gasteiger partial charge is 0.493 e. The van der Waals surface area contributed by atoms with Gasteiger partial charge in [-0.15, -0.1) is 0 Å². The first-order valence-electron chi connectivity index (χ1n) is 8.52. The first kappa shape index (κ1) is 19.5. The third-order valence-corrected chi connectivity index (χ3v) is 4.33. The van der Waals surface area contributed by atoms with E-state index in [4.69, 9.17) is 14.1 Å². The molecule has 0 unspecified atom stereocenters. The number of nitrogens with zero attached hydrogens (tertiary/aromatic N) is 1. The zero-order chi connectivity index (χ0) is 19.6. The molecule has 1 aliphatic rings. The molecule has 5 nitrogen and oxygen atoms in total. The molecule has 9 heteroatoms. The van der Waals surface area contributed by atoms with Crippen LogP contribution in [0.1, 0.15) is 24.1 Å². The van der Waals surface area contributed by atoms with Crippen molar-refractivity contribution in [2.45, 2.75) is 25.3 Å². The molecule has 1 N–H and O–H groups in total. The van der Waals surface area contributed by atoms with Crippen molar-refractivity contribution < 1.29 is 32.3 Å². The van der Waals surface area contributed by atoms with E-state index in [9.17, 15) is 18.2 Å². The molecule has 0 radical (unpaired) electrons. The Bertz CT molecular complexity index is 816. The Morgan fingerprint density at radius 1 is 1.26 bits per heavy atom. The van der Waals surface area contributed by atoms with E-state index in [2.05, 4.69) is 4.98 Å². The fourth-order valence-corrected chi connectivity index (χ4v) is 2.99. The van der Waals surface area contributed by atoms with Gasteiger partial charge in [0.05, 0.1) is 25.0 Å². The summed E-state index contributed by atoms with van der Waals surface area (Å²) in [7, 11) is 0.504. The molecule has 1 aromatic carbocycles. The van der Waals surface area contributed by atoms with Crippen molar-refractivity contribution in [3.05, 3.63) is 41.6 Å². The molecular weight excluding hydrogens is 362 g/mol. The van der Waals surface area contributed by atoms with Crippen molar-refractivity contribution in [3.8, 4) is 22.8 Å². The van der Waals surface area contributed by atoms with Gasteiger partial charge in [-0.1, -0.05) is 0 Å². The lowest BCUT2D eigenvalue weighted by molar-refractivity contribution is -0.137. The molecule has 1 fully saturated rings. The number of rotatable bonds is 5. The van der Waals surface area contributed by atoms with Crippen LogP contribution in [0.2, 0.25) is 6.32 Å². The number of alkyl halides is 3. The van der Waals surface area contributed by atoms with Crippen molar-refractivity contribution in [3.63, 3.8) is 0 Å². The predicted octanol–water partition coefficient (Wildman–Crippen LogP) is 3.77. The van der Waals surface area contributed by atoms with Crippen LogP contribution in [0, 0.1) is 0 Å². The van der Waals surface area contributed by atoms with Gasteiger partial charge in [-0.25, -0.2) is 0 Å². The van der Waals surface area contributed by atoms with Crippen molar-refractivity contribution in [2.75, 3.05) is 20.3 Å². The molecule has 1 saturated heterocycles. The number of methoxy groups -OCH3 is 1. The van der Waals surface area contributed by atoms with Crippen LogP contribution in [-0.2, 0) is 10.8 Å². The number of pyridine rings is 1. The van der Waals surface area contributed by atoms with Crippen LogP contribution < -0.4 is 9.47 Å². The molecule has 2 heterocycles. The molecule has 144 valence electrons. The third-order valence-electron chi connectivity index (χ3n) is 4.33. The van der Waals surface area contributed by atoms with E-state index in [1.165, 1.54) is 7.11 Å².